The van der Waals surface area contributed by atoms with Crippen LogP contribution < -0.4 is 10.2 Å². The monoisotopic (exact) mass is 217 g/mol. The fraction of sp³-hybridized carbons (Fsp3) is 0.538. The van der Waals surface area contributed by atoms with E-state index in [9.17, 15) is 0 Å². The summed E-state index contributed by atoms with van der Waals surface area (Å²) in [6.45, 7) is 5.76. The van der Waals surface area contributed by atoms with E-state index in [0.717, 1.165) is 19.6 Å². The minimum Gasteiger partial charge on any atom is -0.384 e. The normalized spacial score (nSPS) is 20.7. The topological polar surface area (TPSA) is 18.5 Å². The maximum Gasteiger partial charge on any atom is 0.0375 e. The van der Waals surface area contributed by atoms with Crippen molar-refractivity contribution in [2.24, 2.45) is 0 Å². The van der Waals surface area contributed by atoms with Crippen LogP contribution in [0.15, 0.2) is 18.2 Å². The van der Waals surface area contributed by atoms with Gasteiger partial charge >= 0.3 is 0 Å². The molecule has 0 unspecified atom stereocenters. The summed E-state index contributed by atoms with van der Waals surface area (Å²) in [5.74, 6) is 0. The zero-order valence-corrected chi connectivity index (χ0v) is 9.87. The van der Waals surface area contributed by atoms with Crippen LogP contribution in [0.5, 0.6) is 0 Å². The number of rotatable bonds is 1. The Morgan fingerprint density at radius 3 is 2.75 bits per heavy atom. The molecule has 86 valence electrons. The van der Waals surface area contributed by atoms with Gasteiger partial charge in [0, 0.05) is 44.1 Å². The molecule has 2 aliphatic rings. The fourth-order valence-corrected chi connectivity index (χ4v) is 2.55. The number of hydrogen-bond donors (Lipinski definition) is 1. The maximum absolute atomic E-state index is 3.41. The third-order valence-corrected chi connectivity index (χ3v) is 3.67. The third-order valence-electron chi connectivity index (χ3n) is 3.67. The molecular formula is C13H19N3. The second-order valence-corrected chi connectivity index (χ2v) is 4.81. The minimum atomic E-state index is 1.10. The van der Waals surface area contributed by atoms with E-state index < -0.39 is 0 Å². The van der Waals surface area contributed by atoms with Crippen LogP contribution in [0.25, 0.3) is 0 Å². The molecule has 0 saturated carbocycles. The Morgan fingerprint density at radius 1 is 1.12 bits per heavy atom. The predicted octanol–water partition coefficient (Wildman–Crippen LogP) is 1.41. The molecule has 2 heterocycles. The summed E-state index contributed by atoms with van der Waals surface area (Å²) in [5.41, 5.74) is 4.21. The molecule has 0 amide bonds. The Balaban J connectivity index is 1.79. The van der Waals surface area contributed by atoms with Crippen LogP contribution in [0.2, 0.25) is 0 Å². The van der Waals surface area contributed by atoms with Gasteiger partial charge in [-0.1, -0.05) is 0 Å². The second-order valence-electron chi connectivity index (χ2n) is 4.81. The van der Waals surface area contributed by atoms with Gasteiger partial charge in [0.15, 0.2) is 0 Å². The lowest BCUT2D eigenvalue weighted by Gasteiger charge is -2.34. The highest BCUT2D eigenvalue weighted by molar-refractivity contribution is 5.63. The Labute approximate surface area is 97.0 Å². The molecule has 1 saturated heterocycles. The Hall–Kier alpha value is -1.22. The van der Waals surface area contributed by atoms with E-state index >= 15 is 0 Å². The molecule has 2 aliphatic heterocycles. The van der Waals surface area contributed by atoms with Gasteiger partial charge in [0.25, 0.3) is 0 Å². The van der Waals surface area contributed by atoms with Crippen LogP contribution in [0.4, 0.5) is 11.4 Å². The third kappa shape index (κ3) is 1.76. The molecule has 0 aliphatic carbocycles. The van der Waals surface area contributed by atoms with Crippen LogP contribution in [0.1, 0.15) is 5.56 Å². The predicted molar refractivity (Wildman–Crippen MR) is 68.3 cm³/mol. The largest absolute Gasteiger partial charge is 0.384 e. The van der Waals surface area contributed by atoms with E-state index in [4.69, 9.17) is 0 Å². The van der Waals surface area contributed by atoms with Gasteiger partial charge in [-0.25, -0.2) is 0 Å². The highest BCUT2D eigenvalue weighted by Crippen LogP contribution is 2.27. The highest BCUT2D eigenvalue weighted by atomic mass is 15.2. The number of likely N-dealkylation sites (N-methyl/N-ethyl adjacent to an activating group) is 1. The molecule has 3 rings (SSSR count). The van der Waals surface area contributed by atoms with Crippen molar-refractivity contribution in [1.82, 2.24) is 4.90 Å². The van der Waals surface area contributed by atoms with Crippen molar-refractivity contribution in [2.75, 3.05) is 50.0 Å². The summed E-state index contributed by atoms with van der Waals surface area (Å²) in [6, 6.07) is 6.85. The van der Waals surface area contributed by atoms with Gasteiger partial charge in [0.1, 0.15) is 0 Å². The lowest BCUT2D eigenvalue weighted by atomic mass is 10.1. The molecule has 16 heavy (non-hydrogen) atoms. The van der Waals surface area contributed by atoms with Gasteiger partial charge in [-0.05, 0) is 37.2 Å². The molecule has 0 radical (unpaired) electrons. The smallest absolute Gasteiger partial charge is 0.0375 e. The van der Waals surface area contributed by atoms with E-state index in [0.29, 0.717) is 0 Å². The summed E-state index contributed by atoms with van der Waals surface area (Å²) >= 11 is 0. The zero-order chi connectivity index (χ0) is 11.0. The van der Waals surface area contributed by atoms with Crippen molar-refractivity contribution in [2.45, 2.75) is 6.42 Å². The van der Waals surface area contributed by atoms with Crippen LogP contribution in [0, 0.1) is 0 Å². The van der Waals surface area contributed by atoms with Gasteiger partial charge < -0.3 is 15.1 Å². The van der Waals surface area contributed by atoms with Crippen molar-refractivity contribution < 1.29 is 0 Å². The highest BCUT2D eigenvalue weighted by Gasteiger charge is 2.16. The number of anilines is 2. The van der Waals surface area contributed by atoms with Crippen LogP contribution in [-0.4, -0.2) is 44.7 Å². The lowest BCUT2D eigenvalue weighted by molar-refractivity contribution is 0.313. The van der Waals surface area contributed by atoms with Crippen LogP contribution in [-0.2, 0) is 6.42 Å². The molecule has 0 aromatic heterocycles. The first kappa shape index (κ1) is 9.97. The fourth-order valence-electron chi connectivity index (χ4n) is 2.55. The Kier molecular flexibility index (Phi) is 2.48. The molecule has 1 N–H and O–H groups in total. The molecule has 1 fully saturated rings. The zero-order valence-electron chi connectivity index (χ0n) is 9.87. The molecule has 1 aromatic rings. The van der Waals surface area contributed by atoms with Crippen molar-refractivity contribution >= 4 is 11.4 Å². The molecular weight excluding hydrogens is 198 g/mol. The van der Waals surface area contributed by atoms with Crippen LogP contribution in [0.3, 0.4) is 0 Å². The molecule has 0 atom stereocenters. The molecule has 3 heteroatoms. The molecule has 0 spiro atoms. The van der Waals surface area contributed by atoms with Gasteiger partial charge in [-0.15, -0.1) is 0 Å². The number of fused-ring (bicyclic) bond motifs is 1. The van der Waals surface area contributed by atoms with E-state index in [1.807, 2.05) is 0 Å². The summed E-state index contributed by atoms with van der Waals surface area (Å²) in [6.07, 6.45) is 1.18. The number of piperazine rings is 1. The Morgan fingerprint density at radius 2 is 1.94 bits per heavy atom. The minimum absolute atomic E-state index is 1.10. The molecule has 1 aromatic carbocycles. The second kappa shape index (κ2) is 3.98. The summed E-state index contributed by atoms with van der Waals surface area (Å²) in [7, 11) is 2.20. The van der Waals surface area contributed by atoms with E-state index in [1.165, 1.54) is 36.4 Å². The molecule has 3 nitrogen and oxygen atoms in total. The van der Waals surface area contributed by atoms with E-state index in [-0.39, 0.29) is 0 Å². The van der Waals surface area contributed by atoms with Gasteiger partial charge in [-0.2, -0.15) is 0 Å². The first-order valence-electron chi connectivity index (χ1n) is 6.13. The SMILES string of the molecule is CN1CCN(c2ccc3c(c2)CCN3)CC1. The Bertz CT molecular complexity index is 381. The van der Waals surface area contributed by atoms with Crippen molar-refractivity contribution in [1.29, 1.82) is 0 Å². The summed E-state index contributed by atoms with van der Waals surface area (Å²) in [5, 5.41) is 3.41. The van der Waals surface area contributed by atoms with Crippen molar-refractivity contribution in [3.63, 3.8) is 0 Å². The number of nitrogens with zero attached hydrogens (tertiary/aromatic N) is 2. The average Bonchev–Trinajstić information content (AvgIpc) is 2.77. The number of hydrogen-bond acceptors (Lipinski definition) is 3. The van der Waals surface area contributed by atoms with Gasteiger partial charge in [0.05, 0.1) is 0 Å². The standard InChI is InChI=1S/C13H19N3/c1-15-6-8-16(9-7-15)12-2-3-13-11(10-12)4-5-14-13/h2-3,10,14H,4-9H2,1H3. The number of benzene rings is 1. The summed E-state index contributed by atoms with van der Waals surface area (Å²) in [4.78, 5) is 4.89. The number of nitrogens with one attached hydrogen (secondary N) is 1. The van der Waals surface area contributed by atoms with Crippen molar-refractivity contribution in [3.8, 4) is 0 Å². The first-order chi connectivity index (χ1) is 7.83. The van der Waals surface area contributed by atoms with Crippen molar-refractivity contribution in [3.05, 3.63) is 23.8 Å². The lowest BCUT2D eigenvalue weighted by Crippen LogP contribution is -2.44. The quantitative estimate of drug-likeness (QED) is 0.767. The molecule has 0 bridgehead atoms. The maximum atomic E-state index is 3.41. The van der Waals surface area contributed by atoms with E-state index in [1.54, 1.807) is 0 Å². The van der Waals surface area contributed by atoms with E-state index in [2.05, 4.69) is 40.4 Å². The first-order valence-corrected chi connectivity index (χ1v) is 6.13. The van der Waals surface area contributed by atoms with Gasteiger partial charge in [-0.3, -0.25) is 0 Å². The van der Waals surface area contributed by atoms with Gasteiger partial charge in [0.2, 0.25) is 0 Å². The average molecular weight is 217 g/mol. The van der Waals surface area contributed by atoms with Crippen LogP contribution >= 0.6 is 0 Å². The summed E-state index contributed by atoms with van der Waals surface area (Å²) < 4.78 is 0.